The monoisotopic (exact) mass is 307 g/mol. The summed E-state index contributed by atoms with van der Waals surface area (Å²) in [6.45, 7) is 0. The van der Waals surface area contributed by atoms with Crippen molar-refractivity contribution < 1.29 is 0 Å². The molecule has 0 bridgehead atoms. The molecule has 1 aromatic heterocycles. The van der Waals surface area contributed by atoms with Gasteiger partial charge in [0.15, 0.2) is 5.69 Å². The third-order valence-corrected chi connectivity index (χ3v) is 3.34. The summed E-state index contributed by atoms with van der Waals surface area (Å²) in [5, 5.41) is 12.6. The zero-order valence-electron chi connectivity index (χ0n) is 8.61. The lowest BCUT2D eigenvalue weighted by Gasteiger charge is -2.08. The summed E-state index contributed by atoms with van der Waals surface area (Å²) < 4.78 is 0.830. The largest absolute Gasteiger partial charge is 0.353 e. The second kappa shape index (κ2) is 5.17. The predicted octanol–water partition coefficient (Wildman–Crippen LogP) is 4.11. The molecule has 17 heavy (non-hydrogen) atoms. The van der Waals surface area contributed by atoms with E-state index >= 15 is 0 Å². The maximum absolute atomic E-state index is 8.91. The molecule has 0 aliphatic rings. The molecule has 5 heteroatoms. The Morgan fingerprint density at radius 3 is 2.88 bits per heavy atom. The third kappa shape index (κ3) is 2.76. The molecule has 1 N–H and O–H groups in total. The molecule has 2 rings (SSSR count). The number of pyridine rings is 1. The van der Waals surface area contributed by atoms with Gasteiger partial charge in [0.05, 0.1) is 10.7 Å². The highest BCUT2D eigenvalue weighted by molar-refractivity contribution is 9.10. The van der Waals surface area contributed by atoms with E-state index in [2.05, 4.69) is 26.2 Å². The van der Waals surface area contributed by atoms with E-state index < -0.39 is 0 Å². The fourth-order valence-corrected chi connectivity index (χ4v) is 1.75. The molecule has 0 saturated heterocycles. The molecule has 0 unspecified atom stereocenters. The molecule has 0 radical (unpaired) electrons. The number of nitriles is 1. The second-order valence-corrected chi connectivity index (χ2v) is 4.53. The van der Waals surface area contributed by atoms with Crippen LogP contribution in [0.3, 0.4) is 0 Å². The van der Waals surface area contributed by atoms with Crippen LogP contribution in [0.1, 0.15) is 5.69 Å². The van der Waals surface area contributed by atoms with Crippen LogP contribution in [0.25, 0.3) is 0 Å². The number of hydrogen-bond donors (Lipinski definition) is 1. The lowest BCUT2D eigenvalue weighted by atomic mass is 10.2. The lowest BCUT2D eigenvalue weighted by molar-refractivity contribution is 1.26. The Morgan fingerprint density at radius 1 is 1.35 bits per heavy atom. The highest BCUT2D eigenvalue weighted by atomic mass is 79.9. The van der Waals surface area contributed by atoms with Gasteiger partial charge in [-0.15, -0.1) is 0 Å². The number of nitrogens with one attached hydrogen (secondary N) is 1. The molecule has 84 valence electrons. The van der Waals surface area contributed by atoms with Crippen LogP contribution in [0.4, 0.5) is 11.4 Å². The molecule has 2 aromatic rings. The van der Waals surface area contributed by atoms with E-state index in [9.17, 15) is 0 Å². The minimum absolute atomic E-state index is 0.353. The maximum Gasteiger partial charge on any atom is 0.163 e. The molecule has 0 saturated carbocycles. The van der Waals surface area contributed by atoms with Crippen molar-refractivity contribution >= 4 is 38.9 Å². The van der Waals surface area contributed by atoms with Crippen molar-refractivity contribution in [2.24, 2.45) is 0 Å². The van der Waals surface area contributed by atoms with E-state index in [-0.39, 0.29) is 0 Å². The zero-order valence-corrected chi connectivity index (χ0v) is 11.0. The summed E-state index contributed by atoms with van der Waals surface area (Å²) in [5.74, 6) is 0. The van der Waals surface area contributed by atoms with E-state index in [1.54, 1.807) is 24.4 Å². The Bertz CT molecular complexity index is 593. The molecular weight excluding hydrogens is 302 g/mol. The van der Waals surface area contributed by atoms with Crippen LogP contribution in [-0.4, -0.2) is 4.98 Å². The van der Waals surface area contributed by atoms with E-state index in [0.717, 1.165) is 10.2 Å². The molecule has 0 spiro atoms. The summed E-state index contributed by atoms with van der Waals surface area (Å²) >= 11 is 9.30. The van der Waals surface area contributed by atoms with E-state index in [1.165, 1.54) is 0 Å². The van der Waals surface area contributed by atoms with Crippen LogP contribution >= 0.6 is 27.5 Å². The highest BCUT2D eigenvalue weighted by Crippen LogP contribution is 2.27. The normalized spacial score (nSPS) is 9.71. The molecule has 0 atom stereocenters. The third-order valence-electron chi connectivity index (χ3n) is 2.11. The summed E-state index contributed by atoms with van der Waals surface area (Å²) in [4.78, 5) is 3.97. The van der Waals surface area contributed by atoms with E-state index in [1.807, 2.05) is 18.2 Å². The molecular formula is C12H7BrClN3. The molecule has 0 aliphatic carbocycles. The maximum atomic E-state index is 8.91. The first-order valence-corrected chi connectivity index (χ1v) is 5.95. The van der Waals surface area contributed by atoms with Gasteiger partial charge in [0.2, 0.25) is 0 Å². The molecule has 3 nitrogen and oxygen atoms in total. The summed E-state index contributed by atoms with van der Waals surface area (Å²) in [5.41, 5.74) is 1.82. The number of aromatic nitrogens is 1. The van der Waals surface area contributed by atoms with Crippen LogP contribution < -0.4 is 5.32 Å². The minimum atomic E-state index is 0.353. The zero-order chi connectivity index (χ0) is 12.3. The number of halogens is 2. The molecule has 1 heterocycles. The Hall–Kier alpha value is -1.57. The Labute approximate surface area is 112 Å². The topological polar surface area (TPSA) is 48.7 Å². The summed E-state index contributed by atoms with van der Waals surface area (Å²) in [6.07, 6.45) is 1.58. The van der Waals surface area contributed by atoms with Gasteiger partial charge in [0.25, 0.3) is 0 Å². The molecule has 1 aromatic carbocycles. The van der Waals surface area contributed by atoms with Gasteiger partial charge in [-0.3, -0.25) is 0 Å². The van der Waals surface area contributed by atoms with Crippen molar-refractivity contribution in [1.82, 2.24) is 4.98 Å². The Kier molecular flexibility index (Phi) is 3.62. The van der Waals surface area contributed by atoms with Crippen LogP contribution in [-0.2, 0) is 0 Å². The van der Waals surface area contributed by atoms with Gasteiger partial charge in [-0.2, -0.15) is 5.26 Å². The van der Waals surface area contributed by atoms with Crippen molar-refractivity contribution in [2.75, 3.05) is 5.32 Å². The SMILES string of the molecule is N#Cc1ncccc1Nc1ccc(Br)c(Cl)c1. The predicted molar refractivity (Wildman–Crippen MR) is 71.4 cm³/mol. The number of hydrogen-bond acceptors (Lipinski definition) is 3. The van der Waals surface area contributed by atoms with Gasteiger partial charge in [0.1, 0.15) is 6.07 Å². The van der Waals surface area contributed by atoms with Crippen LogP contribution in [0, 0.1) is 11.3 Å². The number of rotatable bonds is 2. The van der Waals surface area contributed by atoms with Crippen molar-refractivity contribution in [3.63, 3.8) is 0 Å². The van der Waals surface area contributed by atoms with Gasteiger partial charge in [0, 0.05) is 16.4 Å². The smallest absolute Gasteiger partial charge is 0.163 e. The van der Waals surface area contributed by atoms with Crippen molar-refractivity contribution in [2.45, 2.75) is 0 Å². The summed E-state index contributed by atoms with van der Waals surface area (Å²) in [7, 11) is 0. The Balaban J connectivity index is 2.32. The van der Waals surface area contributed by atoms with Gasteiger partial charge in [-0.05, 0) is 46.3 Å². The van der Waals surface area contributed by atoms with Crippen LogP contribution in [0.5, 0.6) is 0 Å². The summed E-state index contributed by atoms with van der Waals surface area (Å²) in [6, 6.07) is 11.1. The molecule has 0 fully saturated rings. The Morgan fingerprint density at radius 2 is 2.18 bits per heavy atom. The van der Waals surface area contributed by atoms with Gasteiger partial charge in [-0.1, -0.05) is 11.6 Å². The van der Waals surface area contributed by atoms with E-state index in [0.29, 0.717) is 16.4 Å². The lowest BCUT2D eigenvalue weighted by Crippen LogP contribution is -1.95. The van der Waals surface area contributed by atoms with Crippen molar-refractivity contribution in [3.05, 3.63) is 51.7 Å². The first-order chi connectivity index (χ1) is 8.20. The van der Waals surface area contributed by atoms with Crippen LogP contribution in [0.15, 0.2) is 41.0 Å². The van der Waals surface area contributed by atoms with Gasteiger partial charge >= 0.3 is 0 Å². The second-order valence-electron chi connectivity index (χ2n) is 3.27. The standard InChI is InChI=1S/C12H7BrClN3/c13-9-4-3-8(6-10(9)14)17-11-2-1-5-16-12(11)7-15/h1-6,17H. The quantitative estimate of drug-likeness (QED) is 0.908. The van der Waals surface area contributed by atoms with E-state index in [4.69, 9.17) is 16.9 Å². The number of nitrogens with zero attached hydrogens (tertiary/aromatic N) is 2. The number of benzene rings is 1. The van der Waals surface area contributed by atoms with Crippen molar-refractivity contribution in [3.8, 4) is 6.07 Å². The van der Waals surface area contributed by atoms with Gasteiger partial charge in [-0.25, -0.2) is 4.98 Å². The van der Waals surface area contributed by atoms with Gasteiger partial charge < -0.3 is 5.32 Å². The number of anilines is 2. The highest BCUT2D eigenvalue weighted by Gasteiger charge is 2.04. The fourth-order valence-electron chi connectivity index (χ4n) is 1.32. The minimum Gasteiger partial charge on any atom is -0.353 e. The van der Waals surface area contributed by atoms with Crippen molar-refractivity contribution in [1.29, 1.82) is 5.26 Å². The molecule has 0 amide bonds. The fraction of sp³-hybridized carbons (Fsp3) is 0. The first-order valence-electron chi connectivity index (χ1n) is 4.78. The average Bonchev–Trinajstić information content (AvgIpc) is 2.34. The molecule has 0 aliphatic heterocycles. The first kappa shape index (κ1) is 11.9. The van der Waals surface area contributed by atoms with Crippen LogP contribution in [0.2, 0.25) is 5.02 Å². The average molecular weight is 309 g/mol.